The first kappa shape index (κ1) is 28.4. The van der Waals surface area contributed by atoms with Crippen LogP contribution in [0.4, 0.5) is 10.5 Å². The van der Waals surface area contributed by atoms with Gasteiger partial charge in [0.15, 0.2) is 11.5 Å². The van der Waals surface area contributed by atoms with E-state index >= 15 is 0 Å². The number of hydrogen-bond donors (Lipinski definition) is 1. The molecule has 3 aromatic rings. The summed E-state index contributed by atoms with van der Waals surface area (Å²) >= 11 is 11.9. The van der Waals surface area contributed by atoms with E-state index in [1.807, 2.05) is 19.9 Å². The van der Waals surface area contributed by atoms with Crippen molar-refractivity contribution in [2.75, 3.05) is 19.5 Å². The van der Waals surface area contributed by atoms with Crippen molar-refractivity contribution >= 4 is 45.0 Å². The zero-order valence-corrected chi connectivity index (χ0v) is 23.2. The van der Waals surface area contributed by atoms with E-state index in [1.54, 1.807) is 35.2 Å². The number of urea groups is 1. The van der Waals surface area contributed by atoms with Crippen molar-refractivity contribution in [1.29, 1.82) is 0 Å². The number of para-hydroxylation sites is 2. The van der Waals surface area contributed by atoms with Crippen molar-refractivity contribution in [2.24, 2.45) is 0 Å². The van der Waals surface area contributed by atoms with Gasteiger partial charge in [-0.1, -0.05) is 48.3 Å². The molecule has 1 N–H and O–H groups in total. The maximum absolute atomic E-state index is 13.3. The van der Waals surface area contributed by atoms with Crippen molar-refractivity contribution in [3.63, 3.8) is 0 Å². The second-order valence-electron chi connectivity index (χ2n) is 8.11. The standard InChI is InChI=1S/C26H28Cl2N2O6S/c1-5-17(2)30(26(31)29-22-8-6-7-9-23(22)34-3)16-18-10-13-24(35-4)25(14-18)36-37(32,33)19-11-12-20(27)21(28)15-19/h6-15,17H,5,16H2,1-4H3,(H,29,31)/t17-/m1/s1. The highest BCUT2D eigenvalue weighted by Gasteiger charge is 2.24. The number of nitrogens with zero attached hydrogens (tertiary/aromatic N) is 1. The summed E-state index contributed by atoms with van der Waals surface area (Å²) in [4.78, 5) is 14.7. The predicted molar refractivity (Wildman–Crippen MR) is 145 cm³/mol. The Labute approximate surface area is 227 Å². The Bertz CT molecular complexity index is 1370. The fraction of sp³-hybridized carbons (Fsp3) is 0.269. The lowest BCUT2D eigenvalue weighted by atomic mass is 10.1. The minimum Gasteiger partial charge on any atom is -0.495 e. The van der Waals surface area contributed by atoms with Crippen LogP contribution in [0.15, 0.2) is 65.6 Å². The molecule has 0 saturated carbocycles. The van der Waals surface area contributed by atoms with Crippen LogP contribution in [-0.4, -0.2) is 39.6 Å². The Morgan fingerprint density at radius 3 is 2.30 bits per heavy atom. The zero-order valence-electron chi connectivity index (χ0n) is 20.8. The summed E-state index contributed by atoms with van der Waals surface area (Å²) in [6, 6.07) is 15.4. The van der Waals surface area contributed by atoms with Gasteiger partial charge in [0.05, 0.1) is 30.0 Å². The maximum Gasteiger partial charge on any atom is 0.339 e. The van der Waals surface area contributed by atoms with E-state index in [0.29, 0.717) is 23.4 Å². The minimum atomic E-state index is -4.25. The summed E-state index contributed by atoms with van der Waals surface area (Å²) in [5.41, 5.74) is 1.17. The number of amides is 2. The molecule has 1 atom stereocenters. The van der Waals surface area contributed by atoms with E-state index in [-0.39, 0.29) is 45.1 Å². The van der Waals surface area contributed by atoms with Gasteiger partial charge in [-0.2, -0.15) is 8.42 Å². The smallest absolute Gasteiger partial charge is 0.339 e. The number of methoxy groups -OCH3 is 2. The van der Waals surface area contributed by atoms with Crippen molar-refractivity contribution < 1.29 is 26.9 Å². The average Bonchev–Trinajstić information content (AvgIpc) is 2.88. The number of ether oxygens (including phenoxy) is 2. The number of hydrogen-bond acceptors (Lipinski definition) is 6. The molecule has 3 aromatic carbocycles. The molecule has 0 fully saturated rings. The van der Waals surface area contributed by atoms with Crippen LogP contribution >= 0.6 is 23.2 Å². The summed E-state index contributed by atoms with van der Waals surface area (Å²) < 4.78 is 41.9. The van der Waals surface area contributed by atoms with Crippen LogP contribution in [0.25, 0.3) is 0 Å². The number of carbonyl (C=O) groups is 1. The normalized spacial score (nSPS) is 11.9. The quantitative estimate of drug-likeness (QED) is 0.277. The predicted octanol–water partition coefficient (Wildman–Crippen LogP) is 6.61. The van der Waals surface area contributed by atoms with Crippen molar-refractivity contribution in [3.05, 3.63) is 76.3 Å². The Kier molecular flexibility index (Phi) is 9.53. The fourth-order valence-corrected chi connectivity index (χ4v) is 4.79. The van der Waals surface area contributed by atoms with Gasteiger partial charge in [-0.05, 0) is 61.4 Å². The monoisotopic (exact) mass is 566 g/mol. The van der Waals surface area contributed by atoms with Gasteiger partial charge in [0, 0.05) is 12.6 Å². The molecule has 11 heteroatoms. The molecule has 2 amide bonds. The Morgan fingerprint density at radius 1 is 0.946 bits per heavy atom. The van der Waals surface area contributed by atoms with Gasteiger partial charge >= 0.3 is 16.1 Å². The molecule has 0 bridgehead atoms. The van der Waals surface area contributed by atoms with Crippen molar-refractivity contribution in [1.82, 2.24) is 4.90 Å². The SMILES string of the molecule is CC[C@@H](C)N(Cc1ccc(OC)c(OS(=O)(=O)c2ccc(Cl)c(Cl)c2)c1)C(=O)Nc1ccccc1OC. The number of benzene rings is 3. The van der Waals surface area contributed by atoms with E-state index in [9.17, 15) is 13.2 Å². The van der Waals surface area contributed by atoms with Gasteiger partial charge in [0.2, 0.25) is 0 Å². The van der Waals surface area contributed by atoms with Crippen molar-refractivity contribution in [3.8, 4) is 17.2 Å². The molecule has 0 aliphatic rings. The summed E-state index contributed by atoms with van der Waals surface area (Å²) in [7, 11) is -1.31. The third-order valence-electron chi connectivity index (χ3n) is 5.69. The summed E-state index contributed by atoms with van der Waals surface area (Å²) in [5, 5.41) is 3.19. The van der Waals surface area contributed by atoms with E-state index in [0.717, 1.165) is 0 Å². The molecule has 0 radical (unpaired) electrons. The molecule has 0 heterocycles. The van der Waals surface area contributed by atoms with E-state index < -0.39 is 10.1 Å². The number of halogens is 2. The van der Waals surface area contributed by atoms with E-state index in [1.165, 1.54) is 38.5 Å². The number of carbonyl (C=O) groups excluding carboxylic acids is 1. The molecule has 0 aliphatic carbocycles. The van der Waals surface area contributed by atoms with Gasteiger partial charge in [0.25, 0.3) is 0 Å². The van der Waals surface area contributed by atoms with Crippen LogP contribution in [0.5, 0.6) is 17.2 Å². The summed E-state index contributed by atoms with van der Waals surface area (Å²) in [5.74, 6) is 0.717. The molecule has 0 spiro atoms. The molecule has 0 aliphatic heterocycles. The molecule has 0 saturated heterocycles. The Hall–Kier alpha value is -3.14. The number of anilines is 1. The molecule has 37 heavy (non-hydrogen) atoms. The highest BCUT2D eigenvalue weighted by molar-refractivity contribution is 7.87. The van der Waals surface area contributed by atoms with Crippen LogP contribution in [0.3, 0.4) is 0 Å². The summed E-state index contributed by atoms with van der Waals surface area (Å²) in [6.45, 7) is 4.08. The van der Waals surface area contributed by atoms with E-state index in [2.05, 4.69) is 5.32 Å². The maximum atomic E-state index is 13.3. The molecule has 3 rings (SSSR count). The van der Waals surface area contributed by atoms with Crippen LogP contribution < -0.4 is 19.0 Å². The second kappa shape index (κ2) is 12.4. The topological polar surface area (TPSA) is 94.2 Å². The molecule has 0 aromatic heterocycles. The molecular weight excluding hydrogens is 539 g/mol. The summed E-state index contributed by atoms with van der Waals surface area (Å²) in [6.07, 6.45) is 0.699. The number of nitrogens with one attached hydrogen (secondary N) is 1. The lowest BCUT2D eigenvalue weighted by Gasteiger charge is -2.29. The first-order valence-electron chi connectivity index (χ1n) is 11.4. The molecule has 0 unspecified atom stereocenters. The van der Waals surface area contributed by atoms with E-state index in [4.69, 9.17) is 36.9 Å². The lowest BCUT2D eigenvalue weighted by Crippen LogP contribution is -2.40. The van der Waals surface area contributed by atoms with Gasteiger partial charge in [0.1, 0.15) is 10.6 Å². The van der Waals surface area contributed by atoms with Crippen molar-refractivity contribution in [2.45, 2.75) is 37.8 Å². The minimum absolute atomic E-state index is 0.0275. The lowest BCUT2D eigenvalue weighted by molar-refractivity contribution is 0.187. The highest BCUT2D eigenvalue weighted by atomic mass is 35.5. The Balaban J connectivity index is 1.89. The zero-order chi connectivity index (χ0) is 27.2. The van der Waals surface area contributed by atoms with Gasteiger partial charge in [-0.25, -0.2) is 4.79 Å². The van der Waals surface area contributed by atoms with Crippen LogP contribution in [0, 0.1) is 0 Å². The average molecular weight is 567 g/mol. The third kappa shape index (κ3) is 7.00. The fourth-order valence-electron chi connectivity index (χ4n) is 3.46. The van der Waals surface area contributed by atoms with Gasteiger partial charge < -0.3 is 23.9 Å². The van der Waals surface area contributed by atoms with Crippen LogP contribution in [0.1, 0.15) is 25.8 Å². The molecular formula is C26H28Cl2N2O6S. The third-order valence-corrected chi connectivity index (χ3v) is 7.66. The van der Waals surface area contributed by atoms with Gasteiger partial charge in [-0.3, -0.25) is 0 Å². The largest absolute Gasteiger partial charge is 0.495 e. The van der Waals surface area contributed by atoms with Gasteiger partial charge in [-0.15, -0.1) is 0 Å². The molecule has 198 valence electrons. The molecule has 8 nitrogen and oxygen atoms in total. The van der Waals surface area contributed by atoms with Crippen LogP contribution in [0.2, 0.25) is 10.0 Å². The first-order chi connectivity index (χ1) is 17.6. The first-order valence-corrected chi connectivity index (χ1v) is 13.5. The Morgan fingerprint density at radius 2 is 1.65 bits per heavy atom. The highest BCUT2D eigenvalue weighted by Crippen LogP contribution is 2.33. The second-order valence-corrected chi connectivity index (χ2v) is 10.5. The van der Waals surface area contributed by atoms with Crippen LogP contribution in [-0.2, 0) is 16.7 Å². The number of rotatable bonds is 10.